The SMILES string of the molecule is C[C@H](c1cccnc1N)N(C)c1nc(N2CC(C)(N3CCCC3)C2)nc2c1CN(C)[C@]1(CCCc3c(F)cc(N)c(C#N)c31)C2. The number of nitrogens with zero attached hydrogens (tertiary/aromatic N) is 8. The Bertz CT molecular complexity index is 1690. The molecule has 236 valence electrons. The van der Waals surface area contributed by atoms with Crippen LogP contribution in [0.5, 0.6) is 0 Å². The lowest BCUT2D eigenvalue weighted by Gasteiger charge is -2.53. The molecule has 2 aromatic heterocycles. The number of nitrogen functional groups attached to an aromatic ring is 2. The highest BCUT2D eigenvalue weighted by Gasteiger charge is 2.49. The first-order valence-corrected chi connectivity index (χ1v) is 16.1. The second-order valence-corrected chi connectivity index (χ2v) is 13.8. The van der Waals surface area contributed by atoms with Crippen molar-refractivity contribution in [2.45, 2.75) is 76.0 Å². The van der Waals surface area contributed by atoms with Crippen LogP contribution in [0.25, 0.3) is 0 Å². The number of hydrogen-bond acceptors (Lipinski definition) is 10. The fourth-order valence-electron chi connectivity index (χ4n) is 8.43. The summed E-state index contributed by atoms with van der Waals surface area (Å²) >= 11 is 0. The van der Waals surface area contributed by atoms with Crippen LogP contribution in [0.3, 0.4) is 0 Å². The summed E-state index contributed by atoms with van der Waals surface area (Å²) in [7, 11) is 4.12. The highest BCUT2D eigenvalue weighted by Crippen LogP contribution is 2.50. The Morgan fingerprint density at radius 2 is 1.89 bits per heavy atom. The summed E-state index contributed by atoms with van der Waals surface area (Å²) in [4.78, 5) is 24.2. The number of benzene rings is 1. The number of likely N-dealkylation sites (tertiary alicyclic amines) is 1. The van der Waals surface area contributed by atoms with Gasteiger partial charge in [0.15, 0.2) is 0 Å². The first kappa shape index (κ1) is 29.7. The molecule has 2 atom stereocenters. The van der Waals surface area contributed by atoms with Gasteiger partial charge in [0.1, 0.15) is 23.5 Å². The number of nitriles is 1. The molecule has 1 spiro atoms. The molecule has 5 heterocycles. The molecule has 0 saturated carbocycles. The van der Waals surface area contributed by atoms with Crippen LogP contribution in [-0.2, 0) is 24.9 Å². The summed E-state index contributed by atoms with van der Waals surface area (Å²) in [5.74, 6) is 1.75. The Morgan fingerprint density at radius 3 is 2.60 bits per heavy atom. The molecule has 2 fully saturated rings. The van der Waals surface area contributed by atoms with Crippen molar-refractivity contribution in [1.82, 2.24) is 24.8 Å². The monoisotopic (exact) mass is 610 g/mol. The Kier molecular flexibility index (Phi) is 7.13. The van der Waals surface area contributed by atoms with Crippen molar-refractivity contribution < 1.29 is 4.39 Å². The van der Waals surface area contributed by atoms with Gasteiger partial charge in [0.2, 0.25) is 5.95 Å². The van der Waals surface area contributed by atoms with Crippen molar-refractivity contribution in [3.8, 4) is 6.07 Å². The van der Waals surface area contributed by atoms with Crippen molar-refractivity contribution in [3.05, 3.63) is 63.7 Å². The fourth-order valence-corrected chi connectivity index (χ4v) is 8.43. The second-order valence-electron chi connectivity index (χ2n) is 13.8. The molecule has 4 aliphatic rings. The molecule has 7 rings (SSSR count). The Hall–Kier alpha value is -4.01. The molecule has 3 aliphatic heterocycles. The normalized spacial score (nSPS) is 23.2. The molecule has 3 aromatic rings. The molecule has 45 heavy (non-hydrogen) atoms. The molecule has 1 aromatic carbocycles. The molecule has 4 N–H and O–H groups in total. The van der Waals surface area contributed by atoms with Crippen LogP contribution in [0.1, 0.15) is 79.1 Å². The van der Waals surface area contributed by atoms with Gasteiger partial charge < -0.3 is 21.3 Å². The quantitative estimate of drug-likeness (QED) is 0.407. The van der Waals surface area contributed by atoms with Gasteiger partial charge in [0.05, 0.1) is 34.1 Å². The minimum absolute atomic E-state index is 0.0903. The number of nitrogens with two attached hydrogens (primary N) is 2. The van der Waals surface area contributed by atoms with E-state index in [2.05, 4.69) is 58.6 Å². The highest BCUT2D eigenvalue weighted by atomic mass is 19.1. The zero-order chi connectivity index (χ0) is 31.7. The molecular formula is C34H43FN10. The van der Waals surface area contributed by atoms with Gasteiger partial charge in [0, 0.05) is 50.4 Å². The van der Waals surface area contributed by atoms with E-state index in [1.807, 2.05) is 12.1 Å². The lowest BCUT2D eigenvalue weighted by atomic mass is 9.68. The maximum atomic E-state index is 15.4. The molecule has 2 saturated heterocycles. The average Bonchev–Trinajstić information content (AvgIpc) is 3.56. The first-order valence-electron chi connectivity index (χ1n) is 16.1. The van der Waals surface area contributed by atoms with Gasteiger partial charge in [-0.2, -0.15) is 10.2 Å². The van der Waals surface area contributed by atoms with E-state index in [1.54, 1.807) is 6.20 Å². The van der Waals surface area contributed by atoms with Crippen molar-refractivity contribution in [2.75, 3.05) is 61.5 Å². The van der Waals surface area contributed by atoms with Gasteiger partial charge in [0.25, 0.3) is 0 Å². The minimum atomic E-state index is -0.595. The molecule has 1 aliphatic carbocycles. The maximum Gasteiger partial charge on any atom is 0.227 e. The van der Waals surface area contributed by atoms with Gasteiger partial charge in [-0.15, -0.1) is 0 Å². The van der Waals surface area contributed by atoms with Crippen LogP contribution in [0.4, 0.5) is 27.7 Å². The molecule has 11 heteroatoms. The predicted octanol–water partition coefficient (Wildman–Crippen LogP) is 4.14. The van der Waals surface area contributed by atoms with E-state index >= 15 is 4.39 Å². The zero-order valence-electron chi connectivity index (χ0n) is 26.8. The smallest absolute Gasteiger partial charge is 0.227 e. The number of fused-ring (bicyclic) bond motifs is 3. The average molecular weight is 611 g/mol. The molecule has 0 unspecified atom stereocenters. The van der Waals surface area contributed by atoms with Crippen LogP contribution in [0.2, 0.25) is 0 Å². The number of rotatable bonds is 5. The molecular weight excluding hydrogens is 567 g/mol. The topological polar surface area (TPSA) is 127 Å². The van der Waals surface area contributed by atoms with Crippen LogP contribution in [-0.4, -0.2) is 70.6 Å². The van der Waals surface area contributed by atoms with E-state index in [9.17, 15) is 5.26 Å². The Labute approximate surface area is 264 Å². The van der Waals surface area contributed by atoms with Crippen LogP contribution >= 0.6 is 0 Å². The van der Waals surface area contributed by atoms with Crippen molar-refractivity contribution in [3.63, 3.8) is 0 Å². The molecule has 10 nitrogen and oxygen atoms in total. The van der Waals surface area contributed by atoms with Crippen LogP contribution in [0, 0.1) is 17.1 Å². The number of aromatic nitrogens is 3. The molecule has 0 bridgehead atoms. The van der Waals surface area contributed by atoms with E-state index in [0.29, 0.717) is 42.3 Å². The van der Waals surface area contributed by atoms with Crippen molar-refractivity contribution in [1.29, 1.82) is 5.26 Å². The lowest BCUT2D eigenvalue weighted by molar-refractivity contribution is 0.0717. The third-order valence-corrected chi connectivity index (χ3v) is 11.1. The van der Waals surface area contributed by atoms with Crippen LogP contribution in [0.15, 0.2) is 24.4 Å². The summed E-state index contributed by atoms with van der Waals surface area (Å²) in [5, 5.41) is 10.2. The van der Waals surface area contributed by atoms with E-state index in [1.165, 1.54) is 18.9 Å². The van der Waals surface area contributed by atoms with Gasteiger partial charge in [-0.1, -0.05) is 6.07 Å². The number of anilines is 4. The lowest BCUT2D eigenvalue weighted by Crippen LogP contribution is -2.68. The van der Waals surface area contributed by atoms with Gasteiger partial charge in [-0.25, -0.2) is 14.4 Å². The number of hydrogen-bond donors (Lipinski definition) is 2. The molecule has 0 amide bonds. The third-order valence-electron chi connectivity index (χ3n) is 11.1. The Balaban J connectivity index is 1.34. The summed E-state index contributed by atoms with van der Waals surface area (Å²) in [6.45, 7) is 9.04. The maximum absolute atomic E-state index is 15.4. The zero-order valence-corrected chi connectivity index (χ0v) is 26.8. The first-order chi connectivity index (χ1) is 21.6. The number of pyridine rings is 1. The van der Waals surface area contributed by atoms with Gasteiger partial charge >= 0.3 is 0 Å². The van der Waals surface area contributed by atoms with Gasteiger partial charge in [-0.05, 0) is 89.3 Å². The third kappa shape index (κ3) is 4.60. The summed E-state index contributed by atoms with van der Waals surface area (Å²) < 4.78 is 15.4. The van der Waals surface area contributed by atoms with E-state index in [-0.39, 0.29) is 23.1 Å². The predicted molar refractivity (Wildman–Crippen MR) is 174 cm³/mol. The fraction of sp³-hybridized carbons (Fsp3) is 0.529. The standard InChI is InChI=1S/C34H43FN10/c1-21(22-10-8-12-39-30(22)38)43(4)31-25-18-42(3)34(11-7-9-23-26(35)15-27(37)24(17-36)29(23)34)16-28(25)40-32(41-31)44-19-33(2,20-44)45-13-5-6-14-45/h8,10,12,15,21H,5-7,9,11,13-14,16,18-20,37H2,1-4H3,(H2,38,39)/t21-,34-/m1/s1. The largest absolute Gasteiger partial charge is 0.398 e. The minimum Gasteiger partial charge on any atom is -0.398 e. The summed E-state index contributed by atoms with van der Waals surface area (Å²) in [6, 6.07) is 7.47. The summed E-state index contributed by atoms with van der Waals surface area (Å²) in [5.41, 5.74) is 17.0. The van der Waals surface area contributed by atoms with Gasteiger partial charge in [-0.3, -0.25) is 9.80 Å². The van der Waals surface area contributed by atoms with E-state index < -0.39 is 5.54 Å². The van der Waals surface area contributed by atoms with Crippen molar-refractivity contribution in [2.24, 2.45) is 0 Å². The van der Waals surface area contributed by atoms with E-state index in [0.717, 1.165) is 67.2 Å². The van der Waals surface area contributed by atoms with Crippen molar-refractivity contribution >= 4 is 23.3 Å². The van der Waals surface area contributed by atoms with Crippen LogP contribution < -0.4 is 21.3 Å². The molecule has 0 radical (unpaired) electrons. The van der Waals surface area contributed by atoms with E-state index in [4.69, 9.17) is 21.4 Å². The summed E-state index contributed by atoms with van der Waals surface area (Å²) in [6.07, 6.45) is 6.95. The highest BCUT2D eigenvalue weighted by molar-refractivity contribution is 5.65. The number of likely N-dealkylation sites (N-methyl/N-ethyl adjacent to an activating group) is 1. The number of halogens is 1. The Morgan fingerprint density at radius 1 is 1.13 bits per heavy atom. The second kappa shape index (κ2) is 10.8.